The van der Waals surface area contributed by atoms with Crippen molar-refractivity contribution in [2.24, 2.45) is 5.14 Å². The number of amides is 1. The van der Waals surface area contributed by atoms with Crippen molar-refractivity contribution in [3.63, 3.8) is 0 Å². The molecule has 9 nitrogen and oxygen atoms in total. The highest BCUT2D eigenvalue weighted by Gasteiger charge is 2.11. The first kappa shape index (κ1) is 17.2. The molecule has 0 saturated carbocycles. The predicted molar refractivity (Wildman–Crippen MR) is 85.0 cm³/mol. The maximum atomic E-state index is 12.0. The zero-order chi connectivity index (χ0) is 17.7. The van der Waals surface area contributed by atoms with E-state index in [4.69, 9.17) is 14.9 Å². The van der Waals surface area contributed by atoms with E-state index in [1.165, 1.54) is 30.5 Å². The number of rotatable bonds is 5. The summed E-state index contributed by atoms with van der Waals surface area (Å²) in [5, 5.41) is 22.8. The van der Waals surface area contributed by atoms with Crippen molar-refractivity contribution in [2.75, 3.05) is 10.6 Å². The van der Waals surface area contributed by atoms with E-state index in [1.54, 1.807) is 19.1 Å². The number of sulfonamides is 1. The average molecular weight is 347 g/mol. The van der Waals surface area contributed by atoms with Crippen molar-refractivity contribution >= 4 is 27.4 Å². The van der Waals surface area contributed by atoms with Crippen molar-refractivity contribution in [3.8, 4) is 6.07 Å². The van der Waals surface area contributed by atoms with Gasteiger partial charge in [-0.05, 0) is 31.2 Å². The third kappa shape index (κ3) is 4.42. The summed E-state index contributed by atoms with van der Waals surface area (Å²) < 4.78 is 27.2. The first-order valence-electron chi connectivity index (χ1n) is 6.54. The summed E-state index contributed by atoms with van der Waals surface area (Å²) in [4.78, 5) is 11.9. The van der Waals surface area contributed by atoms with Crippen LogP contribution in [0.3, 0.4) is 0 Å². The quantitative estimate of drug-likeness (QED) is 0.541. The Morgan fingerprint density at radius 2 is 2.04 bits per heavy atom. The highest BCUT2D eigenvalue weighted by molar-refractivity contribution is 7.89. The number of primary sulfonamides is 1. The molecule has 1 aromatic carbocycles. The minimum absolute atomic E-state index is 0.0837. The van der Waals surface area contributed by atoms with Gasteiger partial charge in [0.1, 0.15) is 17.4 Å². The SMILES string of the molecule is Cc1cc(N/C=C(/C#N)C(=O)Nc2ccc(S(N)(=O)=O)cc2)no1. The van der Waals surface area contributed by atoms with E-state index in [2.05, 4.69) is 15.8 Å². The fourth-order valence-corrected chi connectivity index (χ4v) is 2.17. The molecule has 0 aliphatic heterocycles. The Labute approximate surface area is 137 Å². The molecule has 1 heterocycles. The summed E-state index contributed by atoms with van der Waals surface area (Å²) in [6, 6.07) is 8.56. The Morgan fingerprint density at radius 1 is 1.38 bits per heavy atom. The van der Waals surface area contributed by atoms with Crippen LogP contribution in [0.2, 0.25) is 0 Å². The van der Waals surface area contributed by atoms with Crippen LogP contribution in [0.5, 0.6) is 0 Å². The number of anilines is 2. The Kier molecular flexibility index (Phi) is 4.98. The van der Waals surface area contributed by atoms with Gasteiger partial charge in [0.25, 0.3) is 5.91 Å². The number of carbonyl (C=O) groups is 1. The summed E-state index contributed by atoms with van der Waals surface area (Å²) in [7, 11) is -3.81. The van der Waals surface area contributed by atoms with Crippen LogP contribution in [-0.4, -0.2) is 19.5 Å². The van der Waals surface area contributed by atoms with Crippen LogP contribution >= 0.6 is 0 Å². The molecule has 24 heavy (non-hydrogen) atoms. The molecule has 1 aromatic heterocycles. The normalized spacial score (nSPS) is 11.6. The van der Waals surface area contributed by atoms with Gasteiger partial charge in [-0.1, -0.05) is 5.16 Å². The number of benzene rings is 1. The van der Waals surface area contributed by atoms with Gasteiger partial charge >= 0.3 is 0 Å². The topological polar surface area (TPSA) is 151 Å². The van der Waals surface area contributed by atoms with E-state index in [0.717, 1.165) is 0 Å². The van der Waals surface area contributed by atoms with Crippen LogP contribution in [0.25, 0.3) is 0 Å². The lowest BCUT2D eigenvalue weighted by molar-refractivity contribution is -0.112. The molecule has 10 heteroatoms. The largest absolute Gasteiger partial charge is 0.360 e. The van der Waals surface area contributed by atoms with Crippen LogP contribution in [0.15, 0.2) is 51.5 Å². The number of hydrogen-bond acceptors (Lipinski definition) is 7. The lowest BCUT2D eigenvalue weighted by atomic mass is 10.2. The van der Waals surface area contributed by atoms with Gasteiger partial charge in [0, 0.05) is 18.0 Å². The van der Waals surface area contributed by atoms with E-state index >= 15 is 0 Å². The van der Waals surface area contributed by atoms with Gasteiger partial charge in [0.05, 0.1) is 4.90 Å². The van der Waals surface area contributed by atoms with E-state index in [1.807, 2.05) is 0 Å². The van der Waals surface area contributed by atoms with Crippen molar-refractivity contribution < 1.29 is 17.7 Å². The zero-order valence-electron chi connectivity index (χ0n) is 12.5. The van der Waals surface area contributed by atoms with Crippen molar-refractivity contribution in [1.82, 2.24) is 5.16 Å². The standard InChI is InChI=1S/C14H13N5O4S/c1-9-6-13(19-23-9)17-8-10(7-15)14(20)18-11-2-4-12(5-3-11)24(16,21)22/h2-6,8H,1H3,(H,17,19)(H,18,20)(H2,16,21,22)/b10-8-. The number of nitriles is 1. The highest BCUT2D eigenvalue weighted by Crippen LogP contribution is 2.14. The van der Waals surface area contributed by atoms with E-state index in [9.17, 15) is 13.2 Å². The second kappa shape index (κ2) is 6.95. The monoisotopic (exact) mass is 347 g/mol. The molecule has 0 aliphatic carbocycles. The second-order valence-electron chi connectivity index (χ2n) is 4.66. The van der Waals surface area contributed by atoms with E-state index in [-0.39, 0.29) is 10.5 Å². The Hall–Kier alpha value is -3.16. The fourth-order valence-electron chi connectivity index (χ4n) is 1.66. The van der Waals surface area contributed by atoms with Gasteiger partial charge in [-0.15, -0.1) is 0 Å². The van der Waals surface area contributed by atoms with Gasteiger partial charge in [0.15, 0.2) is 5.82 Å². The van der Waals surface area contributed by atoms with Crippen LogP contribution in [0.4, 0.5) is 11.5 Å². The molecule has 0 spiro atoms. The highest BCUT2D eigenvalue weighted by atomic mass is 32.2. The van der Waals surface area contributed by atoms with Gasteiger partial charge in [-0.2, -0.15) is 5.26 Å². The third-order valence-electron chi connectivity index (χ3n) is 2.80. The maximum Gasteiger partial charge on any atom is 0.267 e. The molecule has 0 fully saturated rings. The van der Waals surface area contributed by atoms with Gasteiger partial charge < -0.3 is 15.2 Å². The van der Waals surface area contributed by atoms with E-state index in [0.29, 0.717) is 17.3 Å². The zero-order valence-corrected chi connectivity index (χ0v) is 13.3. The average Bonchev–Trinajstić information content (AvgIpc) is 2.93. The molecule has 2 aromatic rings. The summed E-state index contributed by atoms with van der Waals surface area (Å²) in [5.74, 6) is 0.253. The predicted octanol–water partition coefficient (Wildman–Crippen LogP) is 1.09. The lowest BCUT2D eigenvalue weighted by Crippen LogP contribution is -2.15. The molecule has 0 bridgehead atoms. The smallest absolute Gasteiger partial charge is 0.267 e. The van der Waals surface area contributed by atoms with E-state index < -0.39 is 15.9 Å². The van der Waals surface area contributed by atoms with Crippen LogP contribution in [0.1, 0.15) is 5.76 Å². The molecular weight excluding hydrogens is 334 g/mol. The minimum atomic E-state index is -3.81. The summed E-state index contributed by atoms with van der Waals surface area (Å²) >= 11 is 0. The molecule has 0 unspecified atom stereocenters. The molecule has 0 aliphatic rings. The number of aromatic nitrogens is 1. The number of aryl methyl sites for hydroxylation is 1. The van der Waals surface area contributed by atoms with Crippen molar-refractivity contribution in [3.05, 3.63) is 47.9 Å². The Morgan fingerprint density at radius 3 is 2.54 bits per heavy atom. The molecular formula is C14H13N5O4S. The molecule has 1 amide bonds. The number of hydrogen-bond donors (Lipinski definition) is 3. The third-order valence-corrected chi connectivity index (χ3v) is 3.73. The number of nitrogens with two attached hydrogens (primary N) is 1. The van der Waals surface area contributed by atoms with Gasteiger partial charge in [-0.25, -0.2) is 13.6 Å². The second-order valence-corrected chi connectivity index (χ2v) is 6.22. The minimum Gasteiger partial charge on any atom is -0.360 e. The lowest BCUT2D eigenvalue weighted by Gasteiger charge is -2.05. The fraction of sp³-hybridized carbons (Fsp3) is 0.0714. The first-order chi connectivity index (χ1) is 11.3. The number of nitrogens with one attached hydrogen (secondary N) is 2. The molecule has 2 rings (SSSR count). The van der Waals surface area contributed by atoms with Crippen LogP contribution < -0.4 is 15.8 Å². The summed E-state index contributed by atoms with van der Waals surface area (Å²) in [5.41, 5.74) is 0.108. The molecule has 4 N–H and O–H groups in total. The summed E-state index contributed by atoms with van der Waals surface area (Å²) in [6.07, 6.45) is 1.19. The van der Waals surface area contributed by atoms with Crippen LogP contribution in [0, 0.1) is 18.3 Å². The molecule has 0 atom stereocenters. The number of carbonyl (C=O) groups excluding carboxylic acids is 1. The van der Waals surface area contributed by atoms with Gasteiger partial charge in [0.2, 0.25) is 10.0 Å². The van der Waals surface area contributed by atoms with Crippen molar-refractivity contribution in [1.29, 1.82) is 5.26 Å². The first-order valence-corrected chi connectivity index (χ1v) is 8.08. The molecule has 0 saturated heterocycles. The number of nitrogens with zero attached hydrogens (tertiary/aromatic N) is 2. The summed E-state index contributed by atoms with van der Waals surface area (Å²) in [6.45, 7) is 1.70. The molecule has 124 valence electrons. The van der Waals surface area contributed by atoms with Crippen LogP contribution in [-0.2, 0) is 14.8 Å². The van der Waals surface area contributed by atoms with Crippen molar-refractivity contribution in [2.45, 2.75) is 11.8 Å². The Balaban J connectivity index is 2.08. The molecule has 0 radical (unpaired) electrons. The maximum absolute atomic E-state index is 12.0. The Bertz CT molecular complexity index is 923. The van der Waals surface area contributed by atoms with Gasteiger partial charge in [-0.3, -0.25) is 4.79 Å².